The summed E-state index contributed by atoms with van der Waals surface area (Å²) in [6.45, 7) is 7.30. The van der Waals surface area contributed by atoms with Crippen LogP contribution in [0.25, 0.3) is 0 Å². The molecule has 0 aliphatic carbocycles. The molecule has 1 heterocycles. The van der Waals surface area contributed by atoms with Crippen molar-refractivity contribution in [3.05, 3.63) is 0 Å². The lowest BCUT2D eigenvalue weighted by Gasteiger charge is -2.28. The van der Waals surface area contributed by atoms with Crippen molar-refractivity contribution >= 4 is 5.97 Å². The molecule has 1 aliphatic heterocycles. The minimum Gasteiger partial charge on any atom is -0.466 e. The molecule has 0 radical (unpaired) electrons. The van der Waals surface area contributed by atoms with Crippen LogP contribution in [0.2, 0.25) is 0 Å². The highest BCUT2D eigenvalue weighted by Crippen LogP contribution is 2.33. The summed E-state index contributed by atoms with van der Waals surface area (Å²) in [7, 11) is 0. The van der Waals surface area contributed by atoms with Gasteiger partial charge in [0.15, 0.2) is 0 Å². The van der Waals surface area contributed by atoms with E-state index >= 15 is 0 Å². The number of esters is 1. The summed E-state index contributed by atoms with van der Waals surface area (Å²) in [5, 5.41) is 0. The van der Waals surface area contributed by atoms with Gasteiger partial charge in [-0.3, -0.25) is 4.79 Å². The van der Waals surface area contributed by atoms with Gasteiger partial charge < -0.3 is 4.74 Å². The van der Waals surface area contributed by atoms with Gasteiger partial charge in [0.1, 0.15) is 0 Å². The molecule has 0 aromatic heterocycles. The Labute approximate surface area is 74.3 Å². The number of rotatable bonds is 0. The van der Waals surface area contributed by atoms with E-state index in [9.17, 15) is 4.79 Å². The van der Waals surface area contributed by atoms with Crippen LogP contribution in [-0.2, 0) is 9.53 Å². The van der Waals surface area contributed by atoms with Crippen molar-refractivity contribution in [2.75, 3.05) is 6.61 Å². The van der Waals surface area contributed by atoms with Crippen LogP contribution < -0.4 is 0 Å². The van der Waals surface area contributed by atoms with Gasteiger partial charge in [-0.25, -0.2) is 0 Å². The molecule has 2 heteroatoms. The van der Waals surface area contributed by atoms with Crippen LogP contribution in [0.5, 0.6) is 0 Å². The third-order valence-corrected chi connectivity index (χ3v) is 2.65. The molecular weight excluding hydrogens is 152 g/mol. The Balaban J connectivity index is 2.52. The van der Waals surface area contributed by atoms with Gasteiger partial charge in [-0.05, 0) is 24.2 Å². The van der Waals surface area contributed by atoms with Crippen molar-refractivity contribution in [3.63, 3.8) is 0 Å². The third-order valence-electron chi connectivity index (χ3n) is 2.65. The molecule has 0 amide bonds. The van der Waals surface area contributed by atoms with Gasteiger partial charge >= 0.3 is 5.97 Å². The lowest BCUT2D eigenvalue weighted by molar-refractivity contribution is -0.142. The molecule has 1 rings (SSSR count). The summed E-state index contributed by atoms with van der Waals surface area (Å²) >= 11 is 0. The lowest BCUT2D eigenvalue weighted by Crippen LogP contribution is -2.20. The van der Waals surface area contributed by atoms with E-state index < -0.39 is 0 Å². The second-order valence-electron chi connectivity index (χ2n) is 4.61. The van der Waals surface area contributed by atoms with E-state index in [-0.39, 0.29) is 5.97 Å². The van der Waals surface area contributed by atoms with E-state index in [1.165, 1.54) is 0 Å². The smallest absolute Gasteiger partial charge is 0.305 e. The highest BCUT2D eigenvalue weighted by molar-refractivity contribution is 5.69. The minimum atomic E-state index is -0.0262. The molecule has 1 unspecified atom stereocenters. The first kappa shape index (κ1) is 9.56. The topological polar surface area (TPSA) is 26.3 Å². The maximum Gasteiger partial charge on any atom is 0.305 e. The zero-order chi connectivity index (χ0) is 9.19. The van der Waals surface area contributed by atoms with Gasteiger partial charge in [-0.15, -0.1) is 0 Å². The van der Waals surface area contributed by atoms with Crippen molar-refractivity contribution in [2.45, 2.75) is 40.0 Å². The zero-order valence-corrected chi connectivity index (χ0v) is 8.22. The third kappa shape index (κ3) is 2.50. The Kier molecular flexibility index (Phi) is 2.76. The van der Waals surface area contributed by atoms with Crippen LogP contribution in [0, 0.1) is 11.3 Å². The molecule has 0 saturated carbocycles. The Morgan fingerprint density at radius 2 is 2.00 bits per heavy atom. The summed E-state index contributed by atoms with van der Waals surface area (Å²) in [6, 6.07) is 0. The molecule has 0 N–H and O–H groups in total. The first-order valence-corrected chi connectivity index (χ1v) is 4.66. The van der Waals surface area contributed by atoms with Crippen LogP contribution in [0.15, 0.2) is 0 Å². The van der Waals surface area contributed by atoms with E-state index in [2.05, 4.69) is 20.8 Å². The van der Waals surface area contributed by atoms with Gasteiger partial charge in [0, 0.05) is 6.42 Å². The maximum absolute atomic E-state index is 10.9. The summed E-state index contributed by atoms with van der Waals surface area (Å²) in [4.78, 5) is 10.9. The lowest BCUT2D eigenvalue weighted by atomic mass is 9.77. The maximum atomic E-state index is 10.9. The Morgan fingerprint density at radius 3 is 2.58 bits per heavy atom. The fourth-order valence-electron chi connectivity index (χ4n) is 1.69. The monoisotopic (exact) mass is 170 g/mol. The Bertz CT molecular complexity index is 167. The number of hydrogen-bond donors (Lipinski definition) is 0. The highest BCUT2D eigenvalue weighted by atomic mass is 16.5. The predicted molar refractivity (Wildman–Crippen MR) is 47.8 cm³/mol. The summed E-state index contributed by atoms with van der Waals surface area (Å²) in [6.07, 6.45) is 2.61. The van der Waals surface area contributed by atoms with Gasteiger partial charge in [-0.1, -0.05) is 20.8 Å². The van der Waals surface area contributed by atoms with Crippen LogP contribution in [0.3, 0.4) is 0 Å². The van der Waals surface area contributed by atoms with E-state index in [1.807, 2.05) is 0 Å². The van der Waals surface area contributed by atoms with Crippen molar-refractivity contribution in [2.24, 2.45) is 11.3 Å². The normalized spacial score (nSPS) is 26.2. The highest BCUT2D eigenvalue weighted by Gasteiger charge is 2.27. The molecule has 2 nitrogen and oxygen atoms in total. The second kappa shape index (κ2) is 3.46. The molecule has 0 aromatic carbocycles. The molecule has 1 aliphatic rings. The first-order chi connectivity index (χ1) is 5.50. The minimum absolute atomic E-state index is 0.0262. The summed E-state index contributed by atoms with van der Waals surface area (Å²) in [5.74, 6) is 0.603. The van der Waals surface area contributed by atoms with E-state index in [4.69, 9.17) is 4.74 Å². The van der Waals surface area contributed by atoms with E-state index in [0.29, 0.717) is 24.4 Å². The Morgan fingerprint density at radius 1 is 1.33 bits per heavy atom. The fourth-order valence-corrected chi connectivity index (χ4v) is 1.69. The molecule has 1 atom stereocenters. The predicted octanol–water partition coefficient (Wildman–Crippen LogP) is 2.38. The SMILES string of the molecule is CC(C)(C)C1CCOC(=O)CC1. The average Bonchev–Trinajstić information content (AvgIpc) is 2.11. The van der Waals surface area contributed by atoms with Gasteiger partial charge in [0.2, 0.25) is 0 Å². The van der Waals surface area contributed by atoms with Crippen LogP contribution in [-0.4, -0.2) is 12.6 Å². The number of carbonyl (C=O) groups is 1. The number of ether oxygens (including phenoxy) is 1. The van der Waals surface area contributed by atoms with Crippen molar-refractivity contribution < 1.29 is 9.53 Å². The molecule has 70 valence electrons. The largest absolute Gasteiger partial charge is 0.466 e. The summed E-state index contributed by atoms with van der Waals surface area (Å²) in [5.41, 5.74) is 0.313. The van der Waals surface area contributed by atoms with Crippen molar-refractivity contribution in [1.29, 1.82) is 0 Å². The molecule has 0 spiro atoms. The number of cyclic esters (lactones) is 1. The van der Waals surface area contributed by atoms with Gasteiger partial charge in [-0.2, -0.15) is 0 Å². The van der Waals surface area contributed by atoms with E-state index in [1.54, 1.807) is 0 Å². The van der Waals surface area contributed by atoms with Crippen LogP contribution in [0.4, 0.5) is 0 Å². The summed E-state index contributed by atoms with van der Waals surface area (Å²) < 4.78 is 4.99. The van der Waals surface area contributed by atoms with E-state index in [0.717, 1.165) is 12.8 Å². The van der Waals surface area contributed by atoms with Crippen molar-refractivity contribution in [1.82, 2.24) is 0 Å². The standard InChI is InChI=1S/C10H18O2/c1-10(2,3)8-4-5-9(11)12-7-6-8/h8H,4-7H2,1-3H3. The Hall–Kier alpha value is -0.530. The number of hydrogen-bond acceptors (Lipinski definition) is 2. The fraction of sp³-hybridized carbons (Fsp3) is 0.900. The molecule has 1 fully saturated rings. The second-order valence-corrected chi connectivity index (χ2v) is 4.61. The molecule has 1 saturated heterocycles. The van der Waals surface area contributed by atoms with Gasteiger partial charge in [0.25, 0.3) is 0 Å². The van der Waals surface area contributed by atoms with Crippen LogP contribution >= 0.6 is 0 Å². The quantitative estimate of drug-likeness (QED) is 0.522. The van der Waals surface area contributed by atoms with Gasteiger partial charge in [0.05, 0.1) is 6.61 Å². The average molecular weight is 170 g/mol. The first-order valence-electron chi connectivity index (χ1n) is 4.66. The molecular formula is C10H18O2. The number of carbonyl (C=O) groups excluding carboxylic acids is 1. The molecule has 12 heavy (non-hydrogen) atoms. The molecule has 0 bridgehead atoms. The van der Waals surface area contributed by atoms with Crippen LogP contribution in [0.1, 0.15) is 40.0 Å². The van der Waals surface area contributed by atoms with Crippen molar-refractivity contribution in [3.8, 4) is 0 Å². The zero-order valence-electron chi connectivity index (χ0n) is 8.22. The molecule has 0 aromatic rings.